The first-order chi connectivity index (χ1) is 15.2. The lowest BCUT2D eigenvalue weighted by atomic mass is 10.0. The third-order valence-electron chi connectivity index (χ3n) is 7.63. The molecule has 0 radical (unpaired) electrons. The van der Waals surface area contributed by atoms with E-state index in [1.807, 2.05) is 0 Å². The van der Waals surface area contributed by atoms with Crippen LogP contribution in [0.15, 0.2) is 35.3 Å². The van der Waals surface area contributed by atoms with Crippen molar-refractivity contribution in [1.29, 1.82) is 0 Å². The first kappa shape index (κ1) is 22.0. The van der Waals surface area contributed by atoms with Crippen molar-refractivity contribution in [3.8, 4) is 0 Å². The molecule has 172 valence electrons. The molecule has 3 aliphatic heterocycles. The van der Waals surface area contributed by atoms with Crippen LogP contribution in [0.4, 0.5) is 0 Å². The maximum absolute atomic E-state index is 3.82. The number of nitrogens with one attached hydrogen (secondary N) is 4. The van der Waals surface area contributed by atoms with E-state index in [2.05, 4.69) is 77.3 Å². The highest BCUT2D eigenvalue weighted by molar-refractivity contribution is 14.1. The minimum absolute atomic E-state index is 0.194. The van der Waals surface area contributed by atoms with Gasteiger partial charge in [0.1, 0.15) is 6.17 Å². The molecule has 31 heavy (non-hydrogen) atoms. The Morgan fingerprint density at radius 2 is 1.84 bits per heavy atom. The molecule has 5 aliphatic rings. The number of allylic oxidation sites excluding steroid dienone is 4. The van der Waals surface area contributed by atoms with E-state index in [4.69, 9.17) is 0 Å². The van der Waals surface area contributed by atoms with Crippen molar-refractivity contribution in [2.24, 2.45) is 5.92 Å². The van der Waals surface area contributed by atoms with Gasteiger partial charge < -0.3 is 16.0 Å². The molecule has 6 nitrogen and oxygen atoms in total. The second-order valence-corrected chi connectivity index (χ2v) is 11.0. The van der Waals surface area contributed by atoms with E-state index in [0.717, 1.165) is 25.0 Å². The third-order valence-corrected chi connectivity index (χ3v) is 8.91. The third kappa shape index (κ3) is 5.25. The zero-order valence-corrected chi connectivity index (χ0v) is 21.0. The largest absolute Gasteiger partial charge is 0.367 e. The number of halogens is 1. The van der Waals surface area contributed by atoms with Gasteiger partial charge in [0, 0.05) is 49.0 Å². The Kier molecular flexibility index (Phi) is 7.12. The normalized spacial score (nSPS) is 32.4. The molecular weight excluding hydrogens is 499 g/mol. The lowest BCUT2D eigenvalue weighted by Crippen LogP contribution is -2.52. The van der Waals surface area contributed by atoms with Crippen LogP contribution in [0.1, 0.15) is 58.3 Å². The molecule has 0 aromatic rings. The van der Waals surface area contributed by atoms with Crippen LogP contribution in [0, 0.1) is 5.92 Å². The summed E-state index contributed by atoms with van der Waals surface area (Å²) in [5, 5.41) is 15.0. The van der Waals surface area contributed by atoms with Crippen LogP contribution >= 0.6 is 22.9 Å². The van der Waals surface area contributed by atoms with E-state index in [1.54, 1.807) is 0 Å². The highest BCUT2D eigenvalue weighted by Gasteiger charge is 2.38. The molecule has 0 amide bonds. The van der Waals surface area contributed by atoms with Crippen molar-refractivity contribution in [3.63, 3.8) is 0 Å². The van der Waals surface area contributed by atoms with Crippen LogP contribution in [0.25, 0.3) is 0 Å². The van der Waals surface area contributed by atoms with Gasteiger partial charge in [-0.05, 0) is 64.1 Å². The molecule has 1 saturated heterocycles. The molecule has 2 saturated carbocycles. The fraction of sp³-hybridized carbons (Fsp3) is 0.750. The zero-order chi connectivity index (χ0) is 21.2. The fourth-order valence-corrected chi connectivity index (χ4v) is 6.41. The Labute approximate surface area is 201 Å². The molecule has 0 bridgehead atoms. The number of hydrogen-bond donors (Lipinski definition) is 4. The summed E-state index contributed by atoms with van der Waals surface area (Å²) in [6.45, 7) is 6.81. The van der Waals surface area contributed by atoms with Gasteiger partial charge in [0.25, 0.3) is 0 Å². The van der Waals surface area contributed by atoms with Gasteiger partial charge in [-0.1, -0.05) is 18.9 Å². The number of nitrogens with zero attached hydrogens (tertiary/aromatic N) is 2. The summed E-state index contributed by atoms with van der Waals surface area (Å²) < 4.78 is 2.35. The predicted molar refractivity (Wildman–Crippen MR) is 135 cm³/mol. The highest BCUT2D eigenvalue weighted by atomic mass is 127. The molecule has 3 heterocycles. The molecule has 7 heteroatoms. The summed E-state index contributed by atoms with van der Waals surface area (Å²) in [4.78, 5) is 2.76. The smallest absolute Gasteiger partial charge is 0.149 e. The number of rotatable bonds is 8. The SMILES string of the molecule is CC1=C(C2CC2)NC(C2=CC=CC(NCCNC3CCCN(C4CCCC4)C3)N2)N1I. The number of hydrogen-bond acceptors (Lipinski definition) is 6. The molecule has 4 N–H and O–H groups in total. The molecule has 2 aliphatic carbocycles. The zero-order valence-electron chi connectivity index (χ0n) is 18.9. The van der Waals surface area contributed by atoms with E-state index >= 15 is 0 Å². The standard InChI is InChI=1S/C24H39IN6/c1-17-23(18-11-12-18)29-24(31(17)25)21-9-4-10-22(28-21)27-14-13-26-19-6-5-15-30(16-19)20-7-2-3-8-20/h4,9-10,18-20,22,24,26-29H,2-3,5-8,11-16H2,1H3. The lowest BCUT2D eigenvalue weighted by Gasteiger charge is -2.37. The van der Waals surface area contributed by atoms with E-state index < -0.39 is 0 Å². The number of likely N-dealkylation sites (tertiary alicyclic amines) is 1. The quantitative estimate of drug-likeness (QED) is 0.217. The molecule has 0 aromatic heterocycles. The predicted octanol–water partition coefficient (Wildman–Crippen LogP) is 3.16. The van der Waals surface area contributed by atoms with Gasteiger partial charge in [-0.25, -0.2) is 0 Å². The Bertz CT molecular complexity index is 724. The summed E-state index contributed by atoms with van der Waals surface area (Å²) in [6.07, 6.45) is 18.1. The number of dihydropyridines is 1. The summed E-state index contributed by atoms with van der Waals surface area (Å²) in [6, 6.07) is 1.52. The van der Waals surface area contributed by atoms with E-state index in [0.29, 0.717) is 6.04 Å². The summed E-state index contributed by atoms with van der Waals surface area (Å²) in [5.41, 5.74) is 4.08. The highest BCUT2D eigenvalue weighted by Crippen LogP contribution is 2.42. The monoisotopic (exact) mass is 538 g/mol. The van der Waals surface area contributed by atoms with Crippen molar-refractivity contribution in [2.75, 3.05) is 26.2 Å². The van der Waals surface area contributed by atoms with Gasteiger partial charge in [-0.3, -0.25) is 13.3 Å². The van der Waals surface area contributed by atoms with Crippen molar-refractivity contribution in [1.82, 2.24) is 29.3 Å². The van der Waals surface area contributed by atoms with Crippen molar-refractivity contribution in [2.45, 2.75) is 82.7 Å². The Balaban J connectivity index is 1.03. The van der Waals surface area contributed by atoms with E-state index in [-0.39, 0.29) is 12.3 Å². The second kappa shape index (κ2) is 10.0. The molecule has 3 unspecified atom stereocenters. The van der Waals surface area contributed by atoms with Gasteiger partial charge in [-0.2, -0.15) is 0 Å². The van der Waals surface area contributed by atoms with Crippen LogP contribution < -0.4 is 21.3 Å². The molecule has 0 spiro atoms. The van der Waals surface area contributed by atoms with Gasteiger partial charge in [-0.15, -0.1) is 0 Å². The van der Waals surface area contributed by atoms with Crippen molar-refractivity contribution >= 4 is 22.9 Å². The molecule has 3 atom stereocenters. The van der Waals surface area contributed by atoms with Crippen LogP contribution in [0.3, 0.4) is 0 Å². The first-order valence-corrected chi connectivity index (χ1v) is 13.4. The first-order valence-electron chi connectivity index (χ1n) is 12.5. The Morgan fingerprint density at radius 3 is 2.65 bits per heavy atom. The summed E-state index contributed by atoms with van der Waals surface area (Å²) >= 11 is 2.45. The van der Waals surface area contributed by atoms with Crippen molar-refractivity contribution in [3.05, 3.63) is 35.3 Å². The lowest BCUT2D eigenvalue weighted by molar-refractivity contribution is 0.139. The molecule has 5 rings (SSSR count). The summed E-state index contributed by atoms with van der Waals surface area (Å²) in [5.74, 6) is 0.756. The van der Waals surface area contributed by atoms with E-state index in [9.17, 15) is 0 Å². The van der Waals surface area contributed by atoms with Crippen molar-refractivity contribution < 1.29 is 0 Å². The van der Waals surface area contributed by atoms with Crippen LogP contribution in [-0.4, -0.2) is 58.6 Å². The average Bonchev–Trinajstić information content (AvgIpc) is 3.39. The van der Waals surface area contributed by atoms with Crippen LogP contribution in [0.2, 0.25) is 0 Å². The molecule has 0 aromatic carbocycles. The average molecular weight is 539 g/mol. The van der Waals surface area contributed by atoms with Gasteiger partial charge >= 0.3 is 0 Å². The van der Waals surface area contributed by atoms with Crippen LogP contribution in [-0.2, 0) is 0 Å². The topological polar surface area (TPSA) is 54.6 Å². The van der Waals surface area contributed by atoms with Gasteiger partial charge in [0.05, 0.1) is 34.7 Å². The van der Waals surface area contributed by atoms with Gasteiger partial charge in [0.2, 0.25) is 0 Å². The number of piperidine rings is 1. The summed E-state index contributed by atoms with van der Waals surface area (Å²) in [7, 11) is 0. The molecule has 3 fully saturated rings. The Morgan fingerprint density at radius 1 is 1.03 bits per heavy atom. The van der Waals surface area contributed by atoms with E-state index in [1.165, 1.54) is 81.5 Å². The fourth-order valence-electron chi connectivity index (χ4n) is 5.72. The second-order valence-electron chi connectivity index (χ2n) is 9.94. The van der Waals surface area contributed by atoms with Crippen LogP contribution in [0.5, 0.6) is 0 Å². The maximum Gasteiger partial charge on any atom is 0.149 e. The van der Waals surface area contributed by atoms with Gasteiger partial charge in [0.15, 0.2) is 0 Å². The minimum Gasteiger partial charge on any atom is -0.367 e. The molecular formula is C24H39IN6. The Hall–Kier alpha value is -0.770. The minimum atomic E-state index is 0.194. The maximum atomic E-state index is 3.82.